The molecule has 1 N–H and O–H groups in total. The lowest BCUT2D eigenvalue weighted by Crippen LogP contribution is -2.35. The third-order valence-corrected chi connectivity index (χ3v) is 3.52. The van der Waals surface area contributed by atoms with Gasteiger partial charge in [0.1, 0.15) is 11.4 Å². The summed E-state index contributed by atoms with van der Waals surface area (Å²) in [4.78, 5) is 24.3. The first-order valence-corrected chi connectivity index (χ1v) is 6.73. The first-order valence-electron chi connectivity index (χ1n) is 6.73. The van der Waals surface area contributed by atoms with Crippen LogP contribution in [0.3, 0.4) is 0 Å². The second-order valence-corrected chi connectivity index (χ2v) is 4.93. The molecule has 2 aromatic rings. The molecular formula is C14H14N4O5. The van der Waals surface area contributed by atoms with Crippen molar-refractivity contribution in [1.29, 1.82) is 0 Å². The summed E-state index contributed by atoms with van der Waals surface area (Å²) in [5.41, 5.74) is 1.35. The molecule has 0 bridgehead atoms. The standard InChI is InChI=1S/C14H14N4O5/c1-17-9-4-3-8(5-11(9)23-7-12(17)19)18-10(6-22-2)13(14(20)21)15-16-18/h3-5H,6-7H2,1-2H3,(H,20,21). The fraction of sp³-hybridized carbons (Fsp3) is 0.286. The number of anilines is 1. The Hall–Kier alpha value is -2.94. The van der Waals surface area contributed by atoms with E-state index in [1.165, 1.54) is 16.7 Å². The maximum absolute atomic E-state index is 11.6. The summed E-state index contributed by atoms with van der Waals surface area (Å²) < 4.78 is 11.8. The molecule has 0 aliphatic carbocycles. The van der Waals surface area contributed by atoms with E-state index < -0.39 is 5.97 Å². The number of carbonyl (C=O) groups excluding carboxylic acids is 1. The van der Waals surface area contributed by atoms with Gasteiger partial charge in [-0.1, -0.05) is 5.21 Å². The molecular weight excluding hydrogens is 304 g/mol. The van der Waals surface area contributed by atoms with Gasteiger partial charge < -0.3 is 19.5 Å². The molecule has 23 heavy (non-hydrogen) atoms. The number of hydrogen-bond acceptors (Lipinski definition) is 6. The third-order valence-electron chi connectivity index (χ3n) is 3.52. The SMILES string of the molecule is COCc1c(C(=O)O)nnn1-c1ccc2c(c1)OCC(=O)N2C. The number of carboxylic acids is 1. The maximum atomic E-state index is 11.6. The zero-order chi connectivity index (χ0) is 16.6. The average molecular weight is 318 g/mol. The van der Waals surface area contributed by atoms with E-state index in [4.69, 9.17) is 14.6 Å². The van der Waals surface area contributed by atoms with Gasteiger partial charge in [0.2, 0.25) is 0 Å². The predicted octanol–water partition coefficient (Wildman–Crippen LogP) is 0.467. The lowest BCUT2D eigenvalue weighted by Gasteiger charge is -2.26. The van der Waals surface area contributed by atoms with Crippen LogP contribution in [0.5, 0.6) is 5.75 Å². The number of hydrogen-bond donors (Lipinski definition) is 1. The van der Waals surface area contributed by atoms with Crippen LogP contribution in [0.4, 0.5) is 5.69 Å². The largest absolute Gasteiger partial charge is 0.481 e. The molecule has 9 nitrogen and oxygen atoms in total. The molecule has 2 heterocycles. The number of carbonyl (C=O) groups is 2. The number of aromatic nitrogens is 3. The summed E-state index contributed by atoms with van der Waals surface area (Å²) in [6, 6.07) is 5.09. The van der Waals surface area contributed by atoms with Crippen LogP contribution in [-0.4, -0.2) is 52.7 Å². The number of methoxy groups -OCH3 is 1. The number of ether oxygens (including phenoxy) is 2. The molecule has 0 spiro atoms. The Morgan fingerprint density at radius 3 is 2.96 bits per heavy atom. The minimum atomic E-state index is -1.18. The monoisotopic (exact) mass is 318 g/mol. The number of carboxylic acid groups (broad SMARTS) is 1. The van der Waals surface area contributed by atoms with Gasteiger partial charge in [-0.15, -0.1) is 5.10 Å². The first-order chi connectivity index (χ1) is 11.0. The lowest BCUT2D eigenvalue weighted by molar-refractivity contribution is -0.120. The highest BCUT2D eigenvalue weighted by Crippen LogP contribution is 2.33. The van der Waals surface area contributed by atoms with E-state index in [0.717, 1.165) is 0 Å². The van der Waals surface area contributed by atoms with Crippen LogP contribution in [0.2, 0.25) is 0 Å². The number of nitrogens with zero attached hydrogens (tertiary/aromatic N) is 4. The summed E-state index contributed by atoms with van der Waals surface area (Å²) in [5, 5.41) is 16.7. The van der Waals surface area contributed by atoms with Gasteiger partial charge in [0.05, 0.1) is 18.0 Å². The molecule has 0 atom stereocenters. The minimum Gasteiger partial charge on any atom is -0.481 e. The van der Waals surface area contributed by atoms with E-state index >= 15 is 0 Å². The van der Waals surface area contributed by atoms with Crippen molar-refractivity contribution in [3.8, 4) is 11.4 Å². The fourth-order valence-corrected chi connectivity index (χ4v) is 2.34. The molecule has 0 radical (unpaired) electrons. The number of fused-ring (bicyclic) bond motifs is 1. The normalized spacial score (nSPS) is 13.7. The Labute approximate surface area is 131 Å². The second-order valence-electron chi connectivity index (χ2n) is 4.93. The van der Waals surface area contributed by atoms with Crippen molar-refractivity contribution in [3.05, 3.63) is 29.6 Å². The highest BCUT2D eigenvalue weighted by Gasteiger charge is 2.24. The molecule has 1 aliphatic rings. The van der Waals surface area contributed by atoms with E-state index in [1.54, 1.807) is 25.2 Å². The zero-order valence-corrected chi connectivity index (χ0v) is 12.5. The van der Waals surface area contributed by atoms with Gasteiger partial charge in [0.15, 0.2) is 12.3 Å². The van der Waals surface area contributed by atoms with E-state index in [2.05, 4.69) is 10.3 Å². The molecule has 0 fully saturated rings. The number of aromatic carboxylic acids is 1. The Balaban J connectivity index is 2.06. The molecule has 1 aromatic heterocycles. The number of rotatable bonds is 4. The van der Waals surface area contributed by atoms with Crippen LogP contribution in [0, 0.1) is 0 Å². The molecule has 9 heteroatoms. The van der Waals surface area contributed by atoms with Crippen LogP contribution in [0.1, 0.15) is 16.2 Å². The van der Waals surface area contributed by atoms with Gasteiger partial charge in [-0.25, -0.2) is 9.48 Å². The Bertz CT molecular complexity index is 785. The smallest absolute Gasteiger partial charge is 0.358 e. The highest BCUT2D eigenvalue weighted by molar-refractivity contribution is 5.97. The molecule has 0 saturated carbocycles. The van der Waals surface area contributed by atoms with Gasteiger partial charge in [0, 0.05) is 20.2 Å². The fourth-order valence-electron chi connectivity index (χ4n) is 2.34. The van der Waals surface area contributed by atoms with Crippen molar-refractivity contribution in [2.75, 3.05) is 25.7 Å². The number of benzene rings is 1. The molecule has 0 unspecified atom stereocenters. The summed E-state index contributed by atoms with van der Waals surface area (Å²) in [7, 11) is 3.12. The van der Waals surface area contributed by atoms with Gasteiger partial charge in [0.25, 0.3) is 5.91 Å². The summed E-state index contributed by atoms with van der Waals surface area (Å²) in [6.45, 7) is 0.000574. The summed E-state index contributed by atoms with van der Waals surface area (Å²) in [5.74, 6) is -0.803. The quantitative estimate of drug-likeness (QED) is 0.873. The Kier molecular flexibility index (Phi) is 3.70. The van der Waals surface area contributed by atoms with Crippen LogP contribution >= 0.6 is 0 Å². The predicted molar refractivity (Wildman–Crippen MR) is 77.9 cm³/mol. The molecule has 3 rings (SSSR count). The molecule has 120 valence electrons. The van der Waals surface area contributed by atoms with Crippen LogP contribution in [0.15, 0.2) is 18.2 Å². The summed E-state index contributed by atoms with van der Waals surface area (Å²) >= 11 is 0. The number of likely N-dealkylation sites (N-methyl/N-ethyl adjacent to an activating group) is 1. The van der Waals surface area contributed by atoms with E-state index in [0.29, 0.717) is 22.8 Å². The topological polar surface area (TPSA) is 107 Å². The van der Waals surface area contributed by atoms with Crippen molar-refractivity contribution in [2.45, 2.75) is 6.61 Å². The molecule has 1 amide bonds. The maximum Gasteiger partial charge on any atom is 0.358 e. The van der Waals surface area contributed by atoms with Crippen LogP contribution in [-0.2, 0) is 16.1 Å². The van der Waals surface area contributed by atoms with Crippen molar-refractivity contribution >= 4 is 17.6 Å². The first kappa shape index (κ1) is 15.0. The number of amides is 1. The average Bonchev–Trinajstić information content (AvgIpc) is 2.95. The molecule has 1 aromatic carbocycles. The minimum absolute atomic E-state index is 0.0460. The third kappa shape index (κ3) is 2.50. The Morgan fingerprint density at radius 2 is 2.26 bits per heavy atom. The van der Waals surface area contributed by atoms with Gasteiger partial charge in [-0.2, -0.15) is 0 Å². The zero-order valence-electron chi connectivity index (χ0n) is 12.5. The summed E-state index contributed by atoms with van der Waals surface area (Å²) in [6.07, 6.45) is 0. The van der Waals surface area contributed by atoms with Crippen LogP contribution < -0.4 is 9.64 Å². The van der Waals surface area contributed by atoms with Crippen molar-refractivity contribution in [3.63, 3.8) is 0 Å². The van der Waals surface area contributed by atoms with Gasteiger partial charge in [-0.05, 0) is 12.1 Å². The van der Waals surface area contributed by atoms with Crippen molar-refractivity contribution in [1.82, 2.24) is 15.0 Å². The van der Waals surface area contributed by atoms with Crippen molar-refractivity contribution in [2.24, 2.45) is 0 Å². The molecule has 0 saturated heterocycles. The molecule has 1 aliphatic heterocycles. The van der Waals surface area contributed by atoms with E-state index in [1.807, 2.05) is 0 Å². The Morgan fingerprint density at radius 1 is 1.48 bits per heavy atom. The van der Waals surface area contributed by atoms with Crippen molar-refractivity contribution < 1.29 is 24.2 Å². The van der Waals surface area contributed by atoms with Crippen LogP contribution in [0.25, 0.3) is 5.69 Å². The van der Waals surface area contributed by atoms with E-state index in [9.17, 15) is 9.59 Å². The lowest BCUT2D eigenvalue weighted by atomic mass is 10.2. The van der Waals surface area contributed by atoms with Gasteiger partial charge >= 0.3 is 5.97 Å². The highest BCUT2D eigenvalue weighted by atomic mass is 16.5. The van der Waals surface area contributed by atoms with E-state index in [-0.39, 0.29) is 24.8 Å². The van der Waals surface area contributed by atoms with Gasteiger partial charge in [-0.3, -0.25) is 4.79 Å². The second kappa shape index (κ2) is 5.69.